The van der Waals surface area contributed by atoms with Gasteiger partial charge in [0, 0.05) is 31.7 Å². The zero-order chi connectivity index (χ0) is 34.6. The second kappa shape index (κ2) is 17.1. The number of carboxylic acid groups (broad SMARTS) is 1. The summed E-state index contributed by atoms with van der Waals surface area (Å²) in [4.78, 5) is 23.2. The molecule has 0 aliphatic carbocycles. The van der Waals surface area contributed by atoms with E-state index >= 15 is 0 Å². The summed E-state index contributed by atoms with van der Waals surface area (Å²) in [5.74, 6) is -2.76. The SMILES string of the molecule is CC(C)(C)OC(=O)N1CCC[C@H]1CNS(=O)(=O)c1ccccc1.O=C(O)C(F)(F)F.O=S(=O)(NC[C@@H]1CCCN1)c1ccccc1. The first-order chi connectivity index (χ1) is 21.3. The number of benzene rings is 2. The highest BCUT2D eigenvalue weighted by molar-refractivity contribution is 7.89. The van der Waals surface area contributed by atoms with Crippen molar-refractivity contribution in [3.8, 4) is 0 Å². The Morgan fingerprint density at radius 1 is 0.870 bits per heavy atom. The lowest BCUT2D eigenvalue weighted by Gasteiger charge is -2.28. The maximum atomic E-state index is 12.2. The second-order valence-corrected chi connectivity index (χ2v) is 14.9. The van der Waals surface area contributed by atoms with Crippen molar-refractivity contribution in [2.24, 2.45) is 0 Å². The zero-order valence-corrected chi connectivity index (χ0v) is 27.4. The van der Waals surface area contributed by atoms with Crippen LogP contribution >= 0.6 is 0 Å². The summed E-state index contributed by atoms with van der Waals surface area (Å²) < 4.78 is 90.5. The molecule has 0 aromatic heterocycles. The van der Waals surface area contributed by atoms with Crippen molar-refractivity contribution >= 4 is 32.1 Å². The lowest BCUT2D eigenvalue weighted by atomic mass is 10.2. The van der Waals surface area contributed by atoms with Crippen LogP contribution in [0.15, 0.2) is 70.5 Å². The topological polar surface area (TPSA) is 171 Å². The summed E-state index contributed by atoms with van der Waals surface area (Å²) in [6.45, 7) is 7.67. The normalized spacial score (nSPS) is 18.5. The molecule has 0 spiro atoms. The van der Waals surface area contributed by atoms with E-state index in [1.807, 2.05) is 20.8 Å². The number of likely N-dealkylation sites (tertiary alicyclic amines) is 1. The molecule has 2 heterocycles. The standard InChI is InChI=1S/C16H24N2O4S.C11H16N2O2S.C2HF3O2/c1-16(2,3)22-15(19)18-11-7-8-13(18)12-17-23(20,21)14-9-5-4-6-10-14;14-16(15,11-6-2-1-3-7-11)13-9-10-5-4-8-12-10;3-2(4,5)1(6)7/h4-6,9-10,13,17H,7-8,11-12H2,1-3H3;1-3,6-7,10,12-13H,4-5,8-9H2;(H,6,7)/t13-;10-;/m00./s1. The highest BCUT2D eigenvalue weighted by Crippen LogP contribution is 2.21. The van der Waals surface area contributed by atoms with Gasteiger partial charge >= 0.3 is 18.2 Å². The number of nitrogens with zero attached hydrogens (tertiary/aromatic N) is 1. The van der Waals surface area contributed by atoms with Crippen LogP contribution in [0.4, 0.5) is 18.0 Å². The van der Waals surface area contributed by atoms with Gasteiger partial charge < -0.3 is 20.1 Å². The summed E-state index contributed by atoms with van der Waals surface area (Å²) in [6, 6.07) is 16.8. The van der Waals surface area contributed by atoms with Crippen LogP contribution in [-0.2, 0) is 29.6 Å². The van der Waals surface area contributed by atoms with Gasteiger partial charge in [-0.25, -0.2) is 35.9 Å². The van der Waals surface area contributed by atoms with Gasteiger partial charge in [0.05, 0.1) is 9.79 Å². The number of hydrogen-bond acceptors (Lipinski definition) is 8. The molecule has 1 amide bonds. The molecule has 0 unspecified atom stereocenters. The number of carboxylic acids is 1. The van der Waals surface area contributed by atoms with Crippen molar-refractivity contribution in [1.29, 1.82) is 0 Å². The predicted molar refractivity (Wildman–Crippen MR) is 164 cm³/mol. The van der Waals surface area contributed by atoms with Gasteiger partial charge in [0.2, 0.25) is 20.0 Å². The van der Waals surface area contributed by atoms with Crippen molar-refractivity contribution in [1.82, 2.24) is 19.7 Å². The summed E-state index contributed by atoms with van der Waals surface area (Å²) in [5.41, 5.74) is -0.562. The van der Waals surface area contributed by atoms with E-state index in [1.165, 1.54) is 0 Å². The van der Waals surface area contributed by atoms with Gasteiger partial charge in [-0.3, -0.25) is 0 Å². The molecular formula is C29H41F3N4O8S2. The summed E-state index contributed by atoms with van der Waals surface area (Å²) in [7, 11) is -6.90. The number of aliphatic carboxylic acids is 1. The van der Waals surface area contributed by atoms with Crippen LogP contribution in [0.25, 0.3) is 0 Å². The minimum Gasteiger partial charge on any atom is -0.475 e. The van der Waals surface area contributed by atoms with E-state index in [2.05, 4.69) is 14.8 Å². The summed E-state index contributed by atoms with van der Waals surface area (Å²) in [6.07, 6.45) is -1.71. The van der Waals surface area contributed by atoms with Crippen LogP contribution in [0.1, 0.15) is 46.5 Å². The predicted octanol–water partition coefficient (Wildman–Crippen LogP) is 3.71. The summed E-state index contributed by atoms with van der Waals surface area (Å²) in [5, 5.41) is 10.4. The van der Waals surface area contributed by atoms with Gasteiger partial charge in [0.1, 0.15) is 5.60 Å². The Hall–Kier alpha value is -3.25. The number of sulfonamides is 2. The van der Waals surface area contributed by atoms with Crippen LogP contribution < -0.4 is 14.8 Å². The van der Waals surface area contributed by atoms with Gasteiger partial charge in [-0.1, -0.05) is 36.4 Å². The molecule has 0 radical (unpaired) electrons. The van der Waals surface area contributed by atoms with Gasteiger partial charge in [-0.15, -0.1) is 0 Å². The number of carbonyl (C=O) groups is 2. The van der Waals surface area contributed by atoms with Crippen molar-refractivity contribution in [2.45, 2.75) is 80.1 Å². The van der Waals surface area contributed by atoms with Crippen molar-refractivity contribution in [3.05, 3.63) is 60.7 Å². The number of carbonyl (C=O) groups excluding carboxylic acids is 1. The number of nitrogens with one attached hydrogen (secondary N) is 3. The quantitative estimate of drug-likeness (QED) is 0.322. The number of rotatable bonds is 8. The van der Waals surface area contributed by atoms with Gasteiger partial charge in [0.15, 0.2) is 0 Å². The molecule has 2 fully saturated rings. The molecule has 12 nitrogen and oxygen atoms in total. The highest BCUT2D eigenvalue weighted by Gasteiger charge is 2.38. The molecule has 17 heteroatoms. The van der Waals surface area contributed by atoms with Crippen molar-refractivity contribution < 1.29 is 49.4 Å². The third-order valence-corrected chi connectivity index (χ3v) is 9.42. The van der Waals surface area contributed by atoms with Crippen LogP contribution in [-0.4, -0.2) is 88.9 Å². The average molecular weight is 695 g/mol. The first kappa shape index (κ1) is 38.9. The van der Waals surface area contributed by atoms with Gasteiger partial charge in [0.25, 0.3) is 0 Å². The van der Waals surface area contributed by atoms with E-state index < -0.39 is 37.8 Å². The van der Waals surface area contributed by atoms with E-state index in [0.29, 0.717) is 18.0 Å². The van der Waals surface area contributed by atoms with E-state index in [-0.39, 0.29) is 29.6 Å². The van der Waals surface area contributed by atoms with Crippen molar-refractivity contribution in [2.75, 3.05) is 26.2 Å². The number of hydrogen-bond donors (Lipinski definition) is 4. The largest absolute Gasteiger partial charge is 0.490 e. The van der Waals surface area contributed by atoms with E-state index in [4.69, 9.17) is 14.6 Å². The molecule has 2 saturated heterocycles. The molecule has 2 aliphatic heterocycles. The second-order valence-electron chi connectivity index (χ2n) is 11.4. The van der Waals surface area contributed by atoms with E-state index in [9.17, 15) is 34.8 Å². The third kappa shape index (κ3) is 13.6. The number of halogens is 3. The molecule has 2 atom stereocenters. The van der Waals surface area contributed by atoms with Crippen LogP contribution in [0.2, 0.25) is 0 Å². The molecule has 2 aromatic rings. The van der Waals surface area contributed by atoms with Crippen LogP contribution in [0.3, 0.4) is 0 Å². The smallest absolute Gasteiger partial charge is 0.475 e. The lowest BCUT2D eigenvalue weighted by molar-refractivity contribution is -0.192. The molecule has 46 heavy (non-hydrogen) atoms. The Balaban J connectivity index is 0.000000276. The fourth-order valence-electron chi connectivity index (χ4n) is 4.32. The molecule has 2 aromatic carbocycles. The Bertz CT molecular complexity index is 1470. The molecule has 4 rings (SSSR count). The fraction of sp³-hybridized carbons (Fsp3) is 0.517. The number of amides is 1. The monoisotopic (exact) mass is 694 g/mol. The van der Waals surface area contributed by atoms with Crippen LogP contribution in [0.5, 0.6) is 0 Å². The molecule has 4 N–H and O–H groups in total. The first-order valence-corrected chi connectivity index (χ1v) is 17.4. The first-order valence-electron chi connectivity index (χ1n) is 14.4. The Morgan fingerprint density at radius 2 is 1.35 bits per heavy atom. The minimum atomic E-state index is -5.08. The third-order valence-electron chi connectivity index (χ3n) is 6.55. The molecular weight excluding hydrogens is 653 g/mol. The molecule has 2 aliphatic rings. The fourth-order valence-corrected chi connectivity index (χ4v) is 6.52. The molecule has 0 saturated carbocycles. The van der Waals surface area contributed by atoms with Crippen LogP contribution in [0, 0.1) is 0 Å². The zero-order valence-electron chi connectivity index (χ0n) is 25.8. The van der Waals surface area contributed by atoms with E-state index in [0.717, 1.165) is 32.2 Å². The lowest BCUT2D eigenvalue weighted by Crippen LogP contribution is -2.45. The summed E-state index contributed by atoms with van der Waals surface area (Å²) >= 11 is 0. The highest BCUT2D eigenvalue weighted by atomic mass is 32.2. The maximum absolute atomic E-state index is 12.2. The van der Waals surface area contributed by atoms with E-state index in [1.54, 1.807) is 65.6 Å². The molecule has 258 valence electrons. The maximum Gasteiger partial charge on any atom is 0.490 e. The van der Waals surface area contributed by atoms with Gasteiger partial charge in [-0.05, 0) is 77.3 Å². The van der Waals surface area contributed by atoms with Crippen molar-refractivity contribution in [3.63, 3.8) is 0 Å². The Kier molecular flexibility index (Phi) is 14.4. The van der Waals surface area contributed by atoms with Gasteiger partial charge in [-0.2, -0.15) is 13.2 Å². The number of ether oxygens (including phenoxy) is 1. The molecule has 0 bridgehead atoms. The average Bonchev–Trinajstić information content (AvgIpc) is 3.68. The Labute approximate surface area is 267 Å². The number of alkyl halides is 3. The Morgan fingerprint density at radius 3 is 1.76 bits per heavy atom. The minimum absolute atomic E-state index is 0.177.